The summed E-state index contributed by atoms with van der Waals surface area (Å²) in [5.74, 6) is -0.995. The number of carboxylic acid groups (broad SMARTS) is 1. The van der Waals surface area contributed by atoms with Gasteiger partial charge in [-0.1, -0.05) is 0 Å². The highest BCUT2D eigenvalue weighted by Crippen LogP contribution is 2.37. The first-order valence-corrected chi connectivity index (χ1v) is 7.24. The average Bonchev–Trinajstić information content (AvgIpc) is 2.87. The fraction of sp³-hybridized carbons (Fsp3) is 0.500. The quantitative estimate of drug-likeness (QED) is 0.897. The lowest BCUT2D eigenvalue weighted by Crippen LogP contribution is -2.45. The Labute approximate surface area is 134 Å². The third-order valence-electron chi connectivity index (χ3n) is 4.11. The first-order valence-electron chi connectivity index (χ1n) is 7.24. The maximum absolute atomic E-state index is 13.2. The van der Waals surface area contributed by atoms with Crippen LogP contribution in [0.25, 0.3) is 5.65 Å². The predicted molar refractivity (Wildman–Crippen MR) is 77.2 cm³/mol. The normalized spacial score (nSPS) is 22.6. The minimum Gasteiger partial charge on any atom is -0.477 e. The summed E-state index contributed by atoms with van der Waals surface area (Å²) in [6.07, 6.45) is -1.71. The number of aromatic carboxylic acids is 1. The number of imidazole rings is 1. The van der Waals surface area contributed by atoms with Crippen LogP contribution >= 0.6 is 0 Å². The Hall–Kier alpha value is -2.36. The molecule has 130 valence electrons. The summed E-state index contributed by atoms with van der Waals surface area (Å²) in [7, 11) is 0. The van der Waals surface area contributed by atoms with Gasteiger partial charge >= 0.3 is 12.1 Å². The SMILES string of the molecule is CC1(C(F)(F)F)CCN(c2nc(C(=O)O)cc3nccn23)CCO1. The molecule has 1 unspecified atom stereocenters. The second-order valence-corrected chi connectivity index (χ2v) is 5.72. The van der Waals surface area contributed by atoms with E-state index in [0.717, 1.165) is 6.92 Å². The monoisotopic (exact) mass is 344 g/mol. The van der Waals surface area contributed by atoms with Crippen molar-refractivity contribution >= 4 is 17.6 Å². The van der Waals surface area contributed by atoms with Gasteiger partial charge < -0.3 is 14.7 Å². The summed E-state index contributed by atoms with van der Waals surface area (Å²) < 4.78 is 46.1. The van der Waals surface area contributed by atoms with Gasteiger partial charge in [0, 0.05) is 38.0 Å². The fourth-order valence-corrected chi connectivity index (χ4v) is 2.58. The largest absolute Gasteiger partial charge is 0.477 e. The molecule has 0 radical (unpaired) electrons. The molecule has 3 heterocycles. The zero-order chi connectivity index (χ0) is 17.5. The molecule has 0 bridgehead atoms. The van der Waals surface area contributed by atoms with Crippen LogP contribution in [-0.2, 0) is 4.74 Å². The summed E-state index contributed by atoms with van der Waals surface area (Å²) in [6.45, 7) is 1.06. The first-order chi connectivity index (χ1) is 11.2. The Bertz CT molecular complexity index is 776. The van der Waals surface area contributed by atoms with Crippen LogP contribution in [0.3, 0.4) is 0 Å². The number of nitrogens with zero attached hydrogens (tertiary/aromatic N) is 4. The van der Waals surface area contributed by atoms with Crippen LogP contribution in [-0.4, -0.2) is 56.9 Å². The van der Waals surface area contributed by atoms with Gasteiger partial charge in [-0.3, -0.25) is 4.40 Å². The molecule has 2 aromatic heterocycles. The second-order valence-electron chi connectivity index (χ2n) is 5.72. The van der Waals surface area contributed by atoms with Gasteiger partial charge in [-0.25, -0.2) is 14.8 Å². The molecule has 1 aliphatic rings. The second kappa shape index (κ2) is 5.62. The molecule has 0 spiro atoms. The van der Waals surface area contributed by atoms with E-state index in [9.17, 15) is 18.0 Å². The smallest absolute Gasteiger partial charge is 0.417 e. The van der Waals surface area contributed by atoms with Gasteiger partial charge in [0.05, 0.1) is 6.61 Å². The molecule has 3 rings (SSSR count). The first kappa shape index (κ1) is 16.5. The standard InChI is InChI=1S/C14H15F3N4O3/c1-13(14(15,16)17)2-4-20(6-7-24-13)12-19-9(11(22)23)8-10-18-3-5-21(10)12/h3,5,8H,2,4,6-7H2,1H3,(H,22,23). The van der Waals surface area contributed by atoms with Gasteiger partial charge in [0.2, 0.25) is 5.95 Å². The van der Waals surface area contributed by atoms with Crippen molar-refractivity contribution in [2.24, 2.45) is 0 Å². The number of anilines is 1. The molecule has 0 amide bonds. The van der Waals surface area contributed by atoms with Crippen LogP contribution in [0.15, 0.2) is 18.5 Å². The van der Waals surface area contributed by atoms with Crippen LogP contribution in [0.5, 0.6) is 0 Å². The van der Waals surface area contributed by atoms with Gasteiger partial charge in [0.25, 0.3) is 0 Å². The van der Waals surface area contributed by atoms with E-state index in [0.29, 0.717) is 5.65 Å². The van der Waals surface area contributed by atoms with Gasteiger partial charge in [-0.05, 0) is 6.92 Å². The highest BCUT2D eigenvalue weighted by Gasteiger charge is 2.53. The van der Waals surface area contributed by atoms with Gasteiger partial charge in [0.1, 0.15) is 5.65 Å². The maximum Gasteiger partial charge on any atom is 0.417 e. The third-order valence-corrected chi connectivity index (χ3v) is 4.11. The lowest BCUT2D eigenvalue weighted by Gasteiger charge is -2.30. The molecule has 1 N–H and O–H groups in total. The van der Waals surface area contributed by atoms with Crippen LogP contribution in [0.1, 0.15) is 23.8 Å². The average molecular weight is 344 g/mol. The molecule has 10 heteroatoms. The van der Waals surface area contributed by atoms with Crippen molar-refractivity contribution in [1.82, 2.24) is 14.4 Å². The third kappa shape index (κ3) is 2.77. The molecule has 0 aliphatic carbocycles. The summed E-state index contributed by atoms with van der Waals surface area (Å²) in [5.41, 5.74) is -2.09. The van der Waals surface area contributed by atoms with E-state index in [1.165, 1.54) is 12.3 Å². The Kier molecular flexibility index (Phi) is 3.86. The molecule has 1 aliphatic heterocycles. The molecular formula is C14H15F3N4O3. The van der Waals surface area contributed by atoms with Crippen molar-refractivity contribution in [1.29, 1.82) is 0 Å². The van der Waals surface area contributed by atoms with Crippen LogP contribution in [0, 0.1) is 0 Å². The molecule has 1 atom stereocenters. The fourth-order valence-electron chi connectivity index (χ4n) is 2.58. The van der Waals surface area contributed by atoms with E-state index >= 15 is 0 Å². The number of ether oxygens (including phenoxy) is 1. The predicted octanol–water partition coefficient (Wildman–Crippen LogP) is 1.98. The molecule has 0 aromatic carbocycles. The number of hydrogen-bond acceptors (Lipinski definition) is 5. The van der Waals surface area contributed by atoms with Gasteiger partial charge in [0.15, 0.2) is 11.3 Å². The minimum absolute atomic E-state index is 0.0271. The molecule has 2 aromatic rings. The molecule has 1 saturated heterocycles. The van der Waals surface area contributed by atoms with Gasteiger partial charge in [-0.15, -0.1) is 0 Å². The lowest BCUT2D eigenvalue weighted by atomic mass is 10.0. The number of halogens is 3. The number of aromatic nitrogens is 3. The number of rotatable bonds is 2. The van der Waals surface area contributed by atoms with Crippen LogP contribution in [0.2, 0.25) is 0 Å². The summed E-state index contributed by atoms with van der Waals surface area (Å²) in [6, 6.07) is 1.31. The van der Waals surface area contributed by atoms with Crippen molar-refractivity contribution < 1.29 is 27.8 Å². The molecule has 24 heavy (non-hydrogen) atoms. The van der Waals surface area contributed by atoms with Gasteiger partial charge in [-0.2, -0.15) is 13.2 Å². The van der Waals surface area contributed by atoms with E-state index in [1.807, 2.05) is 0 Å². The lowest BCUT2D eigenvalue weighted by molar-refractivity contribution is -0.269. The van der Waals surface area contributed by atoms with E-state index in [1.54, 1.807) is 15.5 Å². The molecular weight excluding hydrogens is 329 g/mol. The Morgan fingerprint density at radius 1 is 1.42 bits per heavy atom. The number of fused-ring (bicyclic) bond motifs is 1. The van der Waals surface area contributed by atoms with Crippen LogP contribution in [0.4, 0.5) is 19.1 Å². The maximum atomic E-state index is 13.2. The van der Waals surface area contributed by atoms with Crippen molar-refractivity contribution in [2.75, 3.05) is 24.6 Å². The van der Waals surface area contributed by atoms with E-state index < -0.39 is 17.7 Å². The van der Waals surface area contributed by atoms with E-state index in [4.69, 9.17) is 9.84 Å². The van der Waals surface area contributed by atoms with Crippen LogP contribution < -0.4 is 4.90 Å². The number of carboxylic acids is 1. The zero-order valence-electron chi connectivity index (χ0n) is 12.7. The Balaban J connectivity index is 1.96. The van der Waals surface area contributed by atoms with E-state index in [-0.39, 0.29) is 37.8 Å². The van der Waals surface area contributed by atoms with Crippen molar-refractivity contribution in [2.45, 2.75) is 25.1 Å². The molecule has 1 fully saturated rings. The summed E-state index contributed by atoms with van der Waals surface area (Å²) >= 11 is 0. The summed E-state index contributed by atoms with van der Waals surface area (Å²) in [5, 5.41) is 9.16. The number of hydrogen-bond donors (Lipinski definition) is 1. The summed E-state index contributed by atoms with van der Waals surface area (Å²) in [4.78, 5) is 20.9. The Morgan fingerprint density at radius 2 is 2.17 bits per heavy atom. The molecule has 0 saturated carbocycles. The molecule has 7 nitrogen and oxygen atoms in total. The van der Waals surface area contributed by atoms with Crippen molar-refractivity contribution in [3.8, 4) is 0 Å². The zero-order valence-corrected chi connectivity index (χ0v) is 12.7. The van der Waals surface area contributed by atoms with E-state index in [2.05, 4.69) is 9.97 Å². The topological polar surface area (TPSA) is 80.0 Å². The minimum atomic E-state index is -4.48. The van der Waals surface area contributed by atoms with Crippen molar-refractivity contribution in [3.63, 3.8) is 0 Å². The Morgan fingerprint density at radius 3 is 2.83 bits per heavy atom. The van der Waals surface area contributed by atoms with Crippen molar-refractivity contribution in [3.05, 3.63) is 24.2 Å². The number of carbonyl (C=O) groups is 1. The highest BCUT2D eigenvalue weighted by molar-refractivity contribution is 5.87. The number of alkyl halides is 3. The highest BCUT2D eigenvalue weighted by atomic mass is 19.4.